The second kappa shape index (κ2) is 5.85. The maximum absolute atomic E-state index is 5.97. The Morgan fingerprint density at radius 3 is 2.62 bits per heavy atom. The number of rotatable bonds is 5. The van der Waals surface area contributed by atoms with Crippen molar-refractivity contribution in [1.82, 2.24) is 14.7 Å². The number of nitrogens with one attached hydrogen (secondary N) is 1. The summed E-state index contributed by atoms with van der Waals surface area (Å²) in [6.07, 6.45) is 1.98. The number of pyridine rings is 1. The number of nitrogens with zero attached hydrogens (tertiary/aromatic N) is 2. The lowest BCUT2D eigenvalue weighted by molar-refractivity contribution is 0.373. The third kappa shape index (κ3) is 2.55. The van der Waals surface area contributed by atoms with Gasteiger partial charge in [-0.2, -0.15) is 4.98 Å². The molecule has 0 amide bonds. The van der Waals surface area contributed by atoms with Gasteiger partial charge < -0.3 is 14.8 Å². The summed E-state index contributed by atoms with van der Waals surface area (Å²) in [6.45, 7) is 0.662. The zero-order valence-corrected chi connectivity index (χ0v) is 12.0. The molecular weight excluding hydrogens is 266 g/mol. The Balaban J connectivity index is 2.05. The van der Waals surface area contributed by atoms with Crippen molar-refractivity contribution in [3.8, 4) is 17.4 Å². The molecule has 0 spiro atoms. The van der Waals surface area contributed by atoms with Crippen LogP contribution in [0.4, 0.5) is 0 Å². The van der Waals surface area contributed by atoms with Gasteiger partial charge in [-0.3, -0.25) is 4.40 Å². The summed E-state index contributed by atoms with van der Waals surface area (Å²) in [7, 11) is 3.52. The van der Waals surface area contributed by atoms with Crippen molar-refractivity contribution in [2.24, 2.45) is 0 Å². The molecule has 2 heterocycles. The van der Waals surface area contributed by atoms with Gasteiger partial charge in [-0.15, -0.1) is 0 Å². The quantitative estimate of drug-likeness (QED) is 0.782. The first kappa shape index (κ1) is 13.5. The lowest BCUT2D eigenvalue weighted by atomic mass is 10.3. The van der Waals surface area contributed by atoms with Crippen LogP contribution in [0.2, 0.25) is 0 Å². The predicted octanol–water partition coefficient (Wildman–Crippen LogP) is 2.85. The molecular formula is C16H17N3O2. The number of para-hydroxylation sites is 2. The van der Waals surface area contributed by atoms with E-state index in [1.165, 1.54) is 0 Å². The first-order chi connectivity index (χ1) is 10.3. The van der Waals surface area contributed by atoms with Crippen LogP contribution >= 0.6 is 0 Å². The number of hydrogen-bond acceptors (Lipinski definition) is 4. The van der Waals surface area contributed by atoms with Gasteiger partial charge in [0, 0.05) is 12.7 Å². The molecule has 0 aliphatic heterocycles. The second-order valence-electron chi connectivity index (χ2n) is 4.58. The van der Waals surface area contributed by atoms with Crippen molar-refractivity contribution < 1.29 is 9.47 Å². The van der Waals surface area contributed by atoms with Crippen molar-refractivity contribution in [3.05, 3.63) is 54.4 Å². The highest BCUT2D eigenvalue weighted by molar-refractivity contribution is 5.48. The van der Waals surface area contributed by atoms with Crippen LogP contribution in [-0.2, 0) is 6.54 Å². The van der Waals surface area contributed by atoms with E-state index >= 15 is 0 Å². The summed E-state index contributed by atoms with van der Waals surface area (Å²) in [5.41, 5.74) is 1.83. The molecule has 108 valence electrons. The van der Waals surface area contributed by atoms with Gasteiger partial charge in [0.15, 0.2) is 11.5 Å². The highest BCUT2D eigenvalue weighted by Gasteiger charge is 2.15. The van der Waals surface area contributed by atoms with Crippen LogP contribution < -0.4 is 14.8 Å². The van der Waals surface area contributed by atoms with Gasteiger partial charge >= 0.3 is 0 Å². The van der Waals surface area contributed by atoms with E-state index in [2.05, 4.69) is 10.3 Å². The molecule has 0 aliphatic carbocycles. The average Bonchev–Trinajstić information content (AvgIpc) is 2.86. The Bertz CT molecular complexity index is 752. The topological polar surface area (TPSA) is 47.8 Å². The van der Waals surface area contributed by atoms with E-state index in [0.29, 0.717) is 23.9 Å². The number of imidazole rings is 1. The van der Waals surface area contributed by atoms with E-state index in [0.717, 1.165) is 11.3 Å². The van der Waals surface area contributed by atoms with Gasteiger partial charge in [0.1, 0.15) is 11.3 Å². The lowest BCUT2D eigenvalue weighted by Crippen LogP contribution is -2.08. The Kier molecular flexibility index (Phi) is 3.75. The van der Waals surface area contributed by atoms with Gasteiger partial charge in [0.25, 0.3) is 0 Å². The minimum Gasteiger partial charge on any atom is -0.493 e. The Morgan fingerprint density at radius 2 is 1.86 bits per heavy atom. The van der Waals surface area contributed by atoms with Crippen LogP contribution in [-0.4, -0.2) is 23.5 Å². The molecule has 3 rings (SSSR count). The summed E-state index contributed by atoms with van der Waals surface area (Å²) in [4.78, 5) is 4.55. The van der Waals surface area contributed by atoms with Crippen molar-refractivity contribution in [2.45, 2.75) is 6.54 Å². The molecule has 5 nitrogen and oxygen atoms in total. The average molecular weight is 283 g/mol. The number of benzene rings is 1. The van der Waals surface area contributed by atoms with Crippen molar-refractivity contribution in [2.75, 3.05) is 14.2 Å². The minimum absolute atomic E-state index is 0.583. The molecule has 5 heteroatoms. The smallest absolute Gasteiger partial charge is 0.242 e. The van der Waals surface area contributed by atoms with E-state index in [1.54, 1.807) is 7.11 Å². The first-order valence-electron chi connectivity index (χ1n) is 6.75. The lowest BCUT2D eigenvalue weighted by Gasteiger charge is -2.09. The van der Waals surface area contributed by atoms with Crippen LogP contribution in [0.25, 0.3) is 5.65 Å². The van der Waals surface area contributed by atoms with Gasteiger partial charge in [-0.25, -0.2) is 0 Å². The number of methoxy groups -OCH3 is 1. The molecule has 0 atom stereocenters. The SMILES string of the molecule is CNCc1c(Oc2ccccc2OC)nc2ccccn12. The van der Waals surface area contributed by atoms with Crippen LogP contribution in [0.15, 0.2) is 48.7 Å². The van der Waals surface area contributed by atoms with E-state index in [4.69, 9.17) is 9.47 Å². The fraction of sp³-hybridized carbons (Fsp3) is 0.188. The second-order valence-corrected chi connectivity index (χ2v) is 4.58. The largest absolute Gasteiger partial charge is 0.493 e. The standard InChI is InChI=1S/C16H17N3O2/c1-17-11-12-16(18-15-9-5-6-10-19(12)15)21-14-8-4-3-7-13(14)20-2/h3-10,17H,11H2,1-2H3. The molecule has 0 saturated carbocycles. The van der Waals surface area contributed by atoms with Crippen LogP contribution in [0.1, 0.15) is 5.69 Å². The number of ether oxygens (including phenoxy) is 2. The van der Waals surface area contributed by atoms with Crippen LogP contribution in [0, 0.1) is 0 Å². The monoisotopic (exact) mass is 283 g/mol. The van der Waals surface area contributed by atoms with Crippen LogP contribution in [0.3, 0.4) is 0 Å². The summed E-state index contributed by atoms with van der Waals surface area (Å²) in [5.74, 6) is 1.92. The summed E-state index contributed by atoms with van der Waals surface area (Å²) in [6, 6.07) is 13.4. The summed E-state index contributed by atoms with van der Waals surface area (Å²) in [5, 5.41) is 3.14. The molecule has 21 heavy (non-hydrogen) atoms. The molecule has 0 aliphatic rings. The predicted molar refractivity (Wildman–Crippen MR) is 81.0 cm³/mol. The molecule has 0 saturated heterocycles. The fourth-order valence-corrected chi connectivity index (χ4v) is 2.24. The first-order valence-corrected chi connectivity index (χ1v) is 6.75. The fourth-order valence-electron chi connectivity index (χ4n) is 2.24. The van der Waals surface area contributed by atoms with E-state index in [1.807, 2.05) is 60.1 Å². The van der Waals surface area contributed by atoms with E-state index < -0.39 is 0 Å². The van der Waals surface area contributed by atoms with Gasteiger partial charge in [0.05, 0.1) is 7.11 Å². The van der Waals surface area contributed by atoms with E-state index in [-0.39, 0.29) is 0 Å². The Hall–Kier alpha value is -2.53. The van der Waals surface area contributed by atoms with E-state index in [9.17, 15) is 0 Å². The normalized spacial score (nSPS) is 10.8. The Labute approximate surface area is 123 Å². The highest BCUT2D eigenvalue weighted by Crippen LogP contribution is 2.32. The maximum atomic E-state index is 5.97. The third-order valence-electron chi connectivity index (χ3n) is 3.21. The van der Waals surface area contributed by atoms with Gasteiger partial charge in [-0.1, -0.05) is 18.2 Å². The van der Waals surface area contributed by atoms with Gasteiger partial charge in [0.2, 0.25) is 5.88 Å². The molecule has 3 aromatic rings. The van der Waals surface area contributed by atoms with Crippen molar-refractivity contribution in [1.29, 1.82) is 0 Å². The summed E-state index contributed by atoms with van der Waals surface area (Å²) >= 11 is 0. The number of hydrogen-bond donors (Lipinski definition) is 1. The minimum atomic E-state index is 0.583. The van der Waals surface area contributed by atoms with Crippen molar-refractivity contribution >= 4 is 5.65 Å². The molecule has 0 radical (unpaired) electrons. The molecule has 0 fully saturated rings. The maximum Gasteiger partial charge on any atom is 0.242 e. The zero-order valence-electron chi connectivity index (χ0n) is 12.0. The van der Waals surface area contributed by atoms with Gasteiger partial charge in [-0.05, 0) is 31.3 Å². The number of aromatic nitrogens is 2. The Morgan fingerprint density at radius 1 is 1.10 bits per heavy atom. The van der Waals surface area contributed by atoms with Crippen molar-refractivity contribution in [3.63, 3.8) is 0 Å². The molecule has 1 aromatic carbocycles. The third-order valence-corrected chi connectivity index (χ3v) is 3.21. The summed E-state index contributed by atoms with van der Waals surface area (Å²) < 4.78 is 13.3. The molecule has 1 N–H and O–H groups in total. The molecule has 0 bridgehead atoms. The molecule has 2 aromatic heterocycles. The van der Waals surface area contributed by atoms with Crippen LogP contribution in [0.5, 0.6) is 17.4 Å². The number of fused-ring (bicyclic) bond motifs is 1. The highest BCUT2D eigenvalue weighted by atomic mass is 16.5. The zero-order chi connectivity index (χ0) is 14.7. The molecule has 0 unspecified atom stereocenters.